The SMILES string of the molecule is CN(C)c1ccc([N+](=O)[O-])cc1C(=O)NCCOc1ccccc1. The number of nitrogens with one attached hydrogen (secondary N) is 1. The number of anilines is 1. The van der Waals surface area contributed by atoms with Gasteiger partial charge in [-0.25, -0.2) is 0 Å². The Labute approximate surface area is 140 Å². The van der Waals surface area contributed by atoms with Gasteiger partial charge in [0.1, 0.15) is 12.4 Å². The van der Waals surface area contributed by atoms with Crippen molar-refractivity contribution in [2.75, 3.05) is 32.1 Å². The first-order chi connectivity index (χ1) is 11.5. The number of hydrogen-bond donors (Lipinski definition) is 1. The number of non-ortho nitro benzene ring substituents is 1. The predicted octanol–water partition coefficient (Wildman–Crippen LogP) is 2.47. The van der Waals surface area contributed by atoms with E-state index in [0.29, 0.717) is 18.8 Å². The summed E-state index contributed by atoms with van der Waals surface area (Å²) in [5.41, 5.74) is 0.752. The van der Waals surface area contributed by atoms with Crippen molar-refractivity contribution in [2.45, 2.75) is 0 Å². The highest BCUT2D eigenvalue weighted by atomic mass is 16.6. The minimum absolute atomic E-state index is 0.119. The molecule has 0 saturated carbocycles. The normalized spacial score (nSPS) is 10.1. The van der Waals surface area contributed by atoms with Crippen LogP contribution < -0.4 is 15.0 Å². The Morgan fingerprint density at radius 1 is 1.21 bits per heavy atom. The van der Waals surface area contributed by atoms with Crippen molar-refractivity contribution in [1.82, 2.24) is 5.32 Å². The monoisotopic (exact) mass is 329 g/mol. The van der Waals surface area contributed by atoms with Crippen molar-refractivity contribution < 1.29 is 14.5 Å². The van der Waals surface area contributed by atoms with Gasteiger partial charge < -0.3 is 15.0 Å². The fourth-order valence-electron chi connectivity index (χ4n) is 2.15. The van der Waals surface area contributed by atoms with Crippen LogP contribution in [0, 0.1) is 10.1 Å². The number of nitro groups is 1. The number of carbonyl (C=O) groups excluding carboxylic acids is 1. The van der Waals surface area contributed by atoms with Gasteiger partial charge in [-0.1, -0.05) is 18.2 Å². The van der Waals surface area contributed by atoms with E-state index >= 15 is 0 Å². The van der Waals surface area contributed by atoms with Crippen LogP contribution >= 0.6 is 0 Å². The summed E-state index contributed by atoms with van der Waals surface area (Å²) in [5.74, 6) is 0.343. The minimum Gasteiger partial charge on any atom is -0.492 e. The van der Waals surface area contributed by atoms with Gasteiger partial charge in [0, 0.05) is 31.9 Å². The van der Waals surface area contributed by atoms with E-state index in [2.05, 4.69) is 5.32 Å². The number of carbonyl (C=O) groups is 1. The molecule has 0 aliphatic carbocycles. The molecule has 1 amide bonds. The van der Waals surface area contributed by atoms with Crippen molar-refractivity contribution in [3.63, 3.8) is 0 Å². The Morgan fingerprint density at radius 3 is 2.54 bits per heavy atom. The predicted molar refractivity (Wildman–Crippen MR) is 91.7 cm³/mol. The van der Waals surface area contributed by atoms with Gasteiger partial charge in [0.05, 0.1) is 17.0 Å². The van der Waals surface area contributed by atoms with Crippen LogP contribution in [0.4, 0.5) is 11.4 Å². The average molecular weight is 329 g/mol. The van der Waals surface area contributed by atoms with Gasteiger partial charge >= 0.3 is 0 Å². The first kappa shape index (κ1) is 17.3. The number of benzene rings is 2. The fourth-order valence-corrected chi connectivity index (χ4v) is 2.15. The van der Waals surface area contributed by atoms with Crippen LogP contribution in [0.3, 0.4) is 0 Å². The highest BCUT2D eigenvalue weighted by molar-refractivity contribution is 6.00. The summed E-state index contributed by atoms with van der Waals surface area (Å²) in [6.07, 6.45) is 0. The van der Waals surface area contributed by atoms with Gasteiger partial charge in [0.2, 0.25) is 0 Å². The van der Waals surface area contributed by atoms with Crippen LogP contribution in [-0.2, 0) is 0 Å². The molecular weight excluding hydrogens is 310 g/mol. The summed E-state index contributed by atoms with van der Waals surface area (Å²) in [5, 5.41) is 13.6. The van der Waals surface area contributed by atoms with Gasteiger partial charge in [0.15, 0.2) is 0 Å². The molecule has 0 aliphatic heterocycles. The summed E-state index contributed by atoms with van der Waals surface area (Å²) >= 11 is 0. The third-order valence-electron chi connectivity index (χ3n) is 3.32. The van der Waals surface area contributed by atoms with E-state index in [1.54, 1.807) is 25.1 Å². The maximum Gasteiger partial charge on any atom is 0.270 e. The Bertz CT molecular complexity index is 717. The van der Waals surface area contributed by atoms with E-state index in [1.807, 2.05) is 30.3 Å². The van der Waals surface area contributed by atoms with Crippen molar-refractivity contribution in [3.8, 4) is 5.75 Å². The highest BCUT2D eigenvalue weighted by Gasteiger charge is 2.17. The molecule has 1 N–H and O–H groups in total. The van der Waals surface area contributed by atoms with E-state index in [-0.39, 0.29) is 17.2 Å². The van der Waals surface area contributed by atoms with Gasteiger partial charge in [-0.2, -0.15) is 0 Å². The lowest BCUT2D eigenvalue weighted by atomic mass is 10.1. The molecule has 0 radical (unpaired) electrons. The summed E-state index contributed by atoms with van der Waals surface area (Å²) in [7, 11) is 3.55. The Morgan fingerprint density at radius 2 is 1.92 bits per heavy atom. The molecule has 7 nitrogen and oxygen atoms in total. The Balaban J connectivity index is 2.00. The zero-order valence-electron chi connectivity index (χ0n) is 13.6. The largest absolute Gasteiger partial charge is 0.492 e. The van der Waals surface area contributed by atoms with Crippen molar-refractivity contribution in [2.24, 2.45) is 0 Å². The Kier molecular flexibility index (Phi) is 5.73. The fraction of sp³-hybridized carbons (Fsp3) is 0.235. The van der Waals surface area contributed by atoms with Crippen LogP contribution in [-0.4, -0.2) is 38.1 Å². The molecule has 0 aromatic heterocycles. The third-order valence-corrected chi connectivity index (χ3v) is 3.32. The molecule has 0 bridgehead atoms. The first-order valence-corrected chi connectivity index (χ1v) is 7.41. The molecule has 24 heavy (non-hydrogen) atoms. The molecule has 2 rings (SSSR count). The molecule has 7 heteroatoms. The van der Waals surface area contributed by atoms with E-state index in [4.69, 9.17) is 4.74 Å². The maximum atomic E-state index is 12.3. The topological polar surface area (TPSA) is 84.7 Å². The number of nitrogens with zero attached hydrogens (tertiary/aromatic N) is 2. The lowest BCUT2D eigenvalue weighted by molar-refractivity contribution is -0.384. The number of amides is 1. The van der Waals surface area contributed by atoms with Gasteiger partial charge in [-0.15, -0.1) is 0 Å². The van der Waals surface area contributed by atoms with Crippen LogP contribution in [0.25, 0.3) is 0 Å². The smallest absolute Gasteiger partial charge is 0.270 e. The molecule has 0 spiro atoms. The summed E-state index contributed by atoms with van der Waals surface area (Å²) in [6.45, 7) is 0.602. The van der Waals surface area contributed by atoms with Crippen LogP contribution in [0.15, 0.2) is 48.5 Å². The Hall–Kier alpha value is -3.09. The number of para-hydroxylation sites is 1. The van der Waals surface area contributed by atoms with Crippen molar-refractivity contribution in [3.05, 3.63) is 64.2 Å². The zero-order valence-corrected chi connectivity index (χ0v) is 13.6. The maximum absolute atomic E-state index is 12.3. The van der Waals surface area contributed by atoms with Crippen LogP contribution in [0.2, 0.25) is 0 Å². The molecule has 0 heterocycles. The molecule has 126 valence electrons. The second-order valence-electron chi connectivity index (χ2n) is 5.27. The molecule has 0 saturated heterocycles. The van der Waals surface area contributed by atoms with Gasteiger partial charge in [0.25, 0.3) is 11.6 Å². The van der Waals surface area contributed by atoms with Crippen LogP contribution in [0.5, 0.6) is 5.75 Å². The molecule has 0 fully saturated rings. The lowest BCUT2D eigenvalue weighted by Crippen LogP contribution is -2.29. The summed E-state index contributed by atoms with van der Waals surface area (Å²) in [4.78, 5) is 24.5. The number of ether oxygens (including phenoxy) is 1. The van der Waals surface area contributed by atoms with Crippen molar-refractivity contribution in [1.29, 1.82) is 0 Å². The molecule has 2 aromatic carbocycles. The molecule has 2 aromatic rings. The summed E-state index contributed by atoms with van der Waals surface area (Å²) < 4.78 is 5.50. The second-order valence-corrected chi connectivity index (χ2v) is 5.27. The number of hydrogen-bond acceptors (Lipinski definition) is 5. The standard InChI is InChI=1S/C17H19N3O4/c1-19(2)16-9-8-13(20(22)23)12-15(16)17(21)18-10-11-24-14-6-4-3-5-7-14/h3-9,12H,10-11H2,1-2H3,(H,18,21). The minimum atomic E-state index is -0.519. The second kappa shape index (κ2) is 7.96. The van der Waals surface area contributed by atoms with Crippen LogP contribution in [0.1, 0.15) is 10.4 Å². The van der Waals surface area contributed by atoms with Gasteiger partial charge in [-0.05, 0) is 18.2 Å². The highest BCUT2D eigenvalue weighted by Crippen LogP contribution is 2.24. The molecule has 0 unspecified atom stereocenters. The van der Waals surface area contributed by atoms with Crippen molar-refractivity contribution >= 4 is 17.3 Å². The first-order valence-electron chi connectivity index (χ1n) is 7.41. The number of rotatable bonds is 7. The summed E-state index contributed by atoms with van der Waals surface area (Å²) in [6, 6.07) is 13.5. The third kappa shape index (κ3) is 4.45. The molecule has 0 aliphatic rings. The average Bonchev–Trinajstić information content (AvgIpc) is 2.58. The van der Waals surface area contributed by atoms with E-state index in [1.165, 1.54) is 12.1 Å². The number of nitro benzene ring substituents is 1. The zero-order chi connectivity index (χ0) is 17.5. The molecule has 0 atom stereocenters. The van der Waals surface area contributed by atoms with E-state index < -0.39 is 4.92 Å². The molecular formula is C17H19N3O4. The van der Waals surface area contributed by atoms with Gasteiger partial charge in [-0.3, -0.25) is 14.9 Å². The van der Waals surface area contributed by atoms with E-state index in [9.17, 15) is 14.9 Å². The lowest BCUT2D eigenvalue weighted by Gasteiger charge is -2.17. The quantitative estimate of drug-likeness (QED) is 0.479. The van der Waals surface area contributed by atoms with E-state index in [0.717, 1.165) is 5.75 Å².